The summed E-state index contributed by atoms with van der Waals surface area (Å²) >= 11 is 0. The number of hydrogen-bond acceptors (Lipinski definition) is 11. The first-order valence-electron chi connectivity index (χ1n) is 23.0. The SMILES string of the molecule is C/C=N\C(=C\c1c2c3cc(ccc3n1CC)-c1cc(O)cc(c1)C[C@H](NC(=O)[C@H](C(C)C)N(C)C(=O)C1CC(/C=C/S(C)(=O)=O)C1)C(=O)N1CCC[C@H](N1)C(=O)OCC(C)(C)C2)[C@H](C)OC. The molecule has 4 atom stereocenters. The van der Waals surface area contributed by atoms with E-state index in [9.17, 15) is 32.7 Å². The van der Waals surface area contributed by atoms with Crippen LogP contribution >= 0.6 is 0 Å². The highest BCUT2D eigenvalue weighted by Crippen LogP contribution is 2.39. The molecule has 358 valence electrons. The van der Waals surface area contributed by atoms with E-state index in [-0.39, 0.29) is 55.1 Å². The number of phenolic OH excluding ortho intramolecular Hbond substituents is 1. The van der Waals surface area contributed by atoms with E-state index in [0.717, 1.165) is 45.1 Å². The number of phenols is 1. The second-order valence-electron chi connectivity index (χ2n) is 19.3. The molecule has 6 bridgehead atoms. The molecule has 66 heavy (non-hydrogen) atoms. The maximum Gasteiger partial charge on any atom is 0.324 e. The molecule has 0 spiro atoms. The van der Waals surface area contributed by atoms with Crippen molar-refractivity contribution >= 4 is 56.7 Å². The molecule has 6 rings (SSSR count). The van der Waals surface area contributed by atoms with Gasteiger partial charge in [0.05, 0.1) is 18.4 Å². The number of carbonyl (C=O) groups is 4. The fourth-order valence-electron chi connectivity index (χ4n) is 9.46. The van der Waals surface area contributed by atoms with Crippen LogP contribution in [0, 0.1) is 23.2 Å². The molecule has 3 N–H and O–H groups in total. The number of hydrogen-bond donors (Lipinski definition) is 3. The van der Waals surface area contributed by atoms with Gasteiger partial charge in [0.25, 0.3) is 5.91 Å². The van der Waals surface area contributed by atoms with Crippen LogP contribution in [0.15, 0.2) is 58.6 Å². The zero-order valence-electron chi connectivity index (χ0n) is 40.1. The number of rotatable bonds is 12. The summed E-state index contributed by atoms with van der Waals surface area (Å²) in [6, 6.07) is 8.43. The van der Waals surface area contributed by atoms with Gasteiger partial charge in [-0.25, -0.2) is 13.8 Å². The van der Waals surface area contributed by atoms with Gasteiger partial charge in [0.1, 0.15) is 23.9 Å². The number of esters is 1. The van der Waals surface area contributed by atoms with Crippen molar-refractivity contribution in [3.63, 3.8) is 0 Å². The second-order valence-corrected chi connectivity index (χ2v) is 21.2. The molecule has 2 aliphatic heterocycles. The molecule has 1 aliphatic carbocycles. The number of hydrazine groups is 1. The standard InChI is InChI=1S/C50H68N6O9S/c1-11-51-41(31(5)64-9)27-44-39-28-50(6,7)29-65-49(61)40-14-13-18-56(53-40)48(60)42(24-33-22-35(25-37(57)23-33)34-15-16-43(38(39)26-34)55(44)12-2)52-46(58)45(30(3)4)54(8)47(59)36-20-32(21-36)17-19-66(10,62)63/h11,15-17,19,22-23,25-27,30-32,36,40,42,45,53,57H,12-14,18,20-21,24,28-29H2,1-10H3,(H,52,58)/b19-17+,41-27+,51-11-/t31-,32?,36?,40-,42-,45-/m0/s1. The van der Waals surface area contributed by atoms with Crippen molar-refractivity contribution in [2.24, 2.45) is 28.2 Å². The van der Waals surface area contributed by atoms with Gasteiger partial charge in [-0.2, -0.15) is 0 Å². The summed E-state index contributed by atoms with van der Waals surface area (Å²) < 4.78 is 37.3. The van der Waals surface area contributed by atoms with Crippen molar-refractivity contribution in [1.82, 2.24) is 25.2 Å². The van der Waals surface area contributed by atoms with Crippen LogP contribution in [0.2, 0.25) is 0 Å². The van der Waals surface area contributed by atoms with E-state index in [1.54, 1.807) is 38.6 Å². The van der Waals surface area contributed by atoms with Crippen LogP contribution in [0.4, 0.5) is 0 Å². The normalized spacial score (nSPS) is 22.8. The molecule has 2 fully saturated rings. The second kappa shape index (κ2) is 20.7. The lowest BCUT2D eigenvalue weighted by atomic mass is 9.74. The molecule has 16 heteroatoms. The van der Waals surface area contributed by atoms with Crippen molar-refractivity contribution in [2.75, 3.05) is 33.6 Å². The number of methoxy groups -OCH3 is 1. The number of amides is 3. The molecular weight excluding hydrogens is 861 g/mol. The Morgan fingerprint density at radius 1 is 1.12 bits per heavy atom. The highest BCUT2D eigenvalue weighted by Gasteiger charge is 2.41. The number of carbonyl (C=O) groups excluding carboxylic acids is 4. The Hall–Kier alpha value is -5.32. The Bertz CT molecular complexity index is 2520. The summed E-state index contributed by atoms with van der Waals surface area (Å²) in [5.74, 6) is -2.53. The fourth-order valence-corrected chi connectivity index (χ4v) is 9.97. The molecule has 15 nitrogen and oxygen atoms in total. The van der Waals surface area contributed by atoms with Gasteiger partial charge in [0, 0.05) is 79.5 Å². The van der Waals surface area contributed by atoms with Crippen LogP contribution in [-0.4, -0.2) is 116 Å². The number of aryl methyl sites for hydroxylation is 1. The van der Waals surface area contributed by atoms with Gasteiger partial charge in [-0.15, -0.1) is 0 Å². The number of aromatic hydroxyl groups is 1. The summed E-state index contributed by atoms with van der Waals surface area (Å²) in [7, 11) is -0.0614. The minimum Gasteiger partial charge on any atom is -0.508 e. The molecular formula is C50H68N6O9S. The van der Waals surface area contributed by atoms with E-state index in [2.05, 4.69) is 59.3 Å². The molecule has 3 amide bonds. The van der Waals surface area contributed by atoms with Crippen molar-refractivity contribution in [3.05, 3.63) is 70.4 Å². The van der Waals surface area contributed by atoms with E-state index in [4.69, 9.17) is 9.47 Å². The number of likely N-dealkylation sites (N-methyl/N-ethyl adjacent to an activating group) is 1. The molecule has 1 saturated heterocycles. The number of allylic oxidation sites excluding steroid dienone is 1. The lowest BCUT2D eigenvalue weighted by Gasteiger charge is -2.39. The largest absolute Gasteiger partial charge is 0.508 e. The lowest BCUT2D eigenvalue weighted by Crippen LogP contribution is -2.62. The first-order valence-corrected chi connectivity index (χ1v) is 25.0. The van der Waals surface area contributed by atoms with Crippen molar-refractivity contribution in [1.29, 1.82) is 0 Å². The van der Waals surface area contributed by atoms with E-state index >= 15 is 0 Å². The molecule has 0 unspecified atom stereocenters. The zero-order chi connectivity index (χ0) is 48.2. The Morgan fingerprint density at radius 2 is 1.85 bits per heavy atom. The summed E-state index contributed by atoms with van der Waals surface area (Å²) in [4.78, 5) is 62.9. The Balaban J connectivity index is 1.41. The quantitative estimate of drug-likeness (QED) is 0.139. The number of cyclic esters (lactones) is 1. The molecule has 1 aromatic heterocycles. The number of fused-ring (bicyclic) bond motifs is 6. The first kappa shape index (κ1) is 50.1. The van der Waals surface area contributed by atoms with Crippen LogP contribution in [0.25, 0.3) is 28.1 Å². The Morgan fingerprint density at radius 3 is 2.50 bits per heavy atom. The fraction of sp³-hybridized carbons (Fsp3) is 0.540. The highest BCUT2D eigenvalue weighted by molar-refractivity contribution is 7.93. The molecule has 2 aromatic carbocycles. The lowest BCUT2D eigenvalue weighted by molar-refractivity contribution is -0.155. The number of sulfone groups is 1. The highest BCUT2D eigenvalue weighted by atomic mass is 32.2. The molecule has 1 saturated carbocycles. The number of aromatic nitrogens is 1. The van der Waals surface area contributed by atoms with Gasteiger partial charge in [0.15, 0.2) is 9.84 Å². The molecule has 0 radical (unpaired) electrons. The average molecular weight is 929 g/mol. The zero-order valence-corrected chi connectivity index (χ0v) is 40.9. The predicted octanol–water partition coefficient (Wildman–Crippen LogP) is 6.22. The van der Waals surface area contributed by atoms with Crippen LogP contribution in [0.5, 0.6) is 5.75 Å². The van der Waals surface area contributed by atoms with E-state index < -0.39 is 51.2 Å². The minimum absolute atomic E-state index is 0.0139. The third-order valence-corrected chi connectivity index (χ3v) is 13.7. The van der Waals surface area contributed by atoms with Crippen LogP contribution in [-0.2, 0) is 57.9 Å². The monoisotopic (exact) mass is 928 g/mol. The van der Waals surface area contributed by atoms with Crippen molar-refractivity contribution in [3.8, 4) is 16.9 Å². The van der Waals surface area contributed by atoms with E-state index in [0.29, 0.717) is 49.8 Å². The predicted molar refractivity (Wildman–Crippen MR) is 257 cm³/mol. The van der Waals surface area contributed by atoms with Gasteiger partial charge in [0.2, 0.25) is 11.8 Å². The summed E-state index contributed by atoms with van der Waals surface area (Å²) in [5.41, 5.74) is 8.45. The number of nitrogens with zero attached hydrogens (tertiary/aromatic N) is 4. The number of nitrogens with one attached hydrogen (secondary N) is 2. The third kappa shape index (κ3) is 11.6. The molecule has 3 aromatic rings. The maximum atomic E-state index is 14.7. The van der Waals surface area contributed by atoms with E-state index in [1.165, 1.54) is 9.91 Å². The Kier molecular flexibility index (Phi) is 15.7. The summed E-state index contributed by atoms with van der Waals surface area (Å²) in [6.07, 6.45) is 8.66. The van der Waals surface area contributed by atoms with Gasteiger partial charge in [-0.05, 0) is 117 Å². The first-order chi connectivity index (χ1) is 31.1. The van der Waals surface area contributed by atoms with Crippen LogP contribution in [0.3, 0.4) is 0 Å². The van der Waals surface area contributed by atoms with Crippen molar-refractivity contribution in [2.45, 2.75) is 118 Å². The number of ether oxygens (including phenoxy) is 2. The Labute approximate surface area is 389 Å². The molecule has 3 heterocycles. The van der Waals surface area contributed by atoms with Gasteiger partial charge in [-0.3, -0.25) is 29.2 Å². The summed E-state index contributed by atoms with van der Waals surface area (Å²) in [5, 5.41) is 17.8. The topological polar surface area (TPSA) is 189 Å². The van der Waals surface area contributed by atoms with Crippen LogP contribution in [0.1, 0.15) is 91.0 Å². The average Bonchev–Trinajstić information content (AvgIpc) is 3.52. The van der Waals surface area contributed by atoms with Gasteiger partial charge in [-0.1, -0.05) is 45.9 Å². The summed E-state index contributed by atoms with van der Waals surface area (Å²) in [6.45, 7) is 14.7. The number of aliphatic imine (C=N–C) groups is 1. The van der Waals surface area contributed by atoms with E-state index in [1.807, 2.05) is 39.8 Å². The molecule has 3 aliphatic rings. The van der Waals surface area contributed by atoms with Crippen LogP contribution < -0.4 is 10.7 Å². The number of benzene rings is 2. The van der Waals surface area contributed by atoms with Gasteiger partial charge < -0.3 is 29.4 Å². The maximum absolute atomic E-state index is 14.7. The third-order valence-electron chi connectivity index (χ3n) is 13.0. The van der Waals surface area contributed by atoms with Crippen molar-refractivity contribution < 1.29 is 42.2 Å². The minimum atomic E-state index is -3.30. The van der Waals surface area contributed by atoms with Gasteiger partial charge >= 0.3 is 5.97 Å². The smallest absolute Gasteiger partial charge is 0.324 e.